The molecule has 2 saturated carbocycles. The molecule has 116 valence electrons. The number of nitrogens with zero attached hydrogens (tertiary/aromatic N) is 1. The molecule has 20 heavy (non-hydrogen) atoms. The Labute approximate surface area is 117 Å². The highest BCUT2D eigenvalue weighted by molar-refractivity contribution is 5.69. The Hall–Kier alpha value is -0.780. The molecule has 0 saturated heterocycles. The molecule has 0 aliphatic heterocycles. The molecular weight excluding hydrogens is 271 g/mol. The Morgan fingerprint density at radius 2 is 1.65 bits per heavy atom. The number of halogens is 3. The largest absolute Gasteiger partial charge is 0.480 e. The average Bonchev–Trinajstić information content (AvgIpc) is 2.88. The molecule has 2 unspecified atom stereocenters. The van der Waals surface area contributed by atoms with E-state index in [1.54, 1.807) is 0 Å². The first-order valence-electron chi connectivity index (χ1n) is 7.42. The smallest absolute Gasteiger partial charge is 0.391 e. The molecule has 2 fully saturated rings. The third-order valence-electron chi connectivity index (χ3n) is 4.69. The van der Waals surface area contributed by atoms with Crippen molar-refractivity contribution in [3.05, 3.63) is 0 Å². The van der Waals surface area contributed by atoms with Gasteiger partial charge in [0.1, 0.15) is 0 Å². The van der Waals surface area contributed by atoms with Crippen LogP contribution in [0.3, 0.4) is 0 Å². The van der Waals surface area contributed by atoms with Crippen LogP contribution in [0.1, 0.15) is 51.4 Å². The second-order valence-corrected chi connectivity index (χ2v) is 6.06. The lowest BCUT2D eigenvalue weighted by molar-refractivity contribution is -0.187. The zero-order valence-corrected chi connectivity index (χ0v) is 11.5. The Balaban J connectivity index is 2.05. The molecule has 0 bridgehead atoms. The molecular formula is C14H22F3NO2. The number of hydrogen-bond acceptors (Lipinski definition) is 2. The van der Waals surface area contributed by atoms with E-state index in [1.165, 1.54) is 0 Å². The molecule has 2 aliphatic carbocycles. The van der Waals surface area contributed by atoms with Crippen molar-refractivity contribution in [3.63, 3.8) is 0 Å². The van der Waals surface area contributed by atoms with Crippen LogP contribution in [0.15, 0.2) is 0 Å². The summed E-state index contributed by atoms with van der Waals surface area (Å²) >= 11 is 0. The quantitative estimate of drug-likeness (QED) is 0.863. The third kappa shape index (κ3) is 3.87. The zero-order valence-electron chi connectivity index (χ0n) is 11.5. The summed E-state index contributed by atoms with van der Waals surface area (Å²) in [4.78, 5) is 12.9. The molecule has 0 spiro atoms. The maximum Gasteiger partial charge on any atom is 0.391 e. The highest BCUT2D eigenvalue weighted by Crippen LogP contribution is 2.40. The predicted molar refractivity (Wildman–Crippen MR) is 68.4 cm³/mol. The summed E-state index contributed by atoms with van der Waals surface area (Å²) in [6, 6.07) is -0.0716. The van der Waals surface area contributed by atoms with Gasteiger partial charge in [-0.25, -0.2) is 0 Å². The number of carboxylic acids is 1. The highest BCUT2D eigenvalue weighted by atomic mass is 19.4. The predicted octanol–water partition coefficient (Wildman–Crippen LogP) is 3.44. The van der Waals surface area contributed by atoms with Gasteiger partial charge in [0.15, 0.2) is 0 Å². The van der Waals surface area contributed by atoms with Crippen molar-refractivity contribution in [1.82, 2.24) is 4.90 Å². The van der Waals surface area contributed by atoms with E-state index in [9.17, 15) is 18.0 Å². The minimum absolute atomic E-state index is 0.0628. The molecule has 2 rings (SSSR count). The first kappa shape index (κ1) is 15.6. The van der Waals surface area contributed by atoms with Gasteiger partial charge in [-0.1, -0.05) is 19.3 Å². The Morgan fingerprint density at radius 3 is 2.20 bits per heavy atom. The van der Waals surface area contributed by atoms with Gasteiger partial charge in [-0.2, -0.15) is 13.2 Å². The van der Waals surface area contributed by atoms with E-state index in [1.807, 2.05) is 4.90 Å². The van der Waals surface area contributed by atoms with Crippen molar-refractivity contribution in [2.45, 2.75) is 69.6 Å². The summed E-state index contributed by atoms with van der Waals surface area (Å²) in [6.07, 6.45) is 1.27. The second kappa shape index (κ2) is 6.33. The van der Waals surface area contributed by atoms with Crippen LogP contribution in [-0.2, 0) is 4.79 Å². The van der Waals surface area contributed by atoms with E-state index in [0.29, 0.717) is 12.8 Å². The molecule has 0 aromatic heterocycles. The fourth-order valence-corrected chi connectivity index (χ4v) is 3.71. The van der Waals surface area contributed by atoms with Gasteiger partial charge in [0, 0.05) is 12.1 Å². The summed E-state index contributed by atoms with van der Waals surface area (Å²) in [7, 11) is 0. The molecule has 6 heteroatoms. The van der Waals surface area contributed by atoms with Crippen molar-refractivity contribution < 1.29 is 23.1 Å². The van der Waals surface area contributed by atoms with Gasteiger partial charge in [-0.3, -0.25) is 9.69 Å². The van der Waals surface area contributed by atoms with Crippen molar-refractivity contribution in [1.29, 1.82) is 0 Å². The van der Waals surface area contributed by atoms with E-state index in [4.69, 9.17) is 5.11 Å². The summed E-state index contributed by atoms with van der Waals surface area (Å²) in [6.45, 7) is -0.125. The number of carboxylic acid groups (broad SMARTS) is 1. The SMILES string of the molecule is O=C(O)CN(C1CCCC1)C1CCCC(C(F)(F)F)C1. The lowest BCUT2D eigenvalue weighted by Gasteiger charge is -2.40. The van der Waals surface area contributed by atoms with Gasteiger partial charge >= 0.3 is 12.1 Å². The van der Waals surface area contributed by atoms with Gasteiger partial charge < -0.3 is 5.11 Å². The molecule has 1 N–H and O–H groups in total. The average molecular weight is 293 g/mol. The number of carbonyl (C=O) groups is 1. The van der Waals surface area contributed by atoms with Gasteiger partial charge in [0.25, 0.3) is 0 Å². The molecule has 0 radical (unpaired) electrons. The normalized spacial score (nSPS) is 29.0. The van der Waals surface area contributed by atoms with Crippen LogP contribution in [-0.4, -0.2) is 40.8 Å². The van der Waals surface area contributed by atoms with Crippen molar-refractivity contribution in [3.8, 4) is 0 Å². The number of hydrogen-bond donors (Lipinski definition) is 1. The molecule has 0 heterocycles. The highest BCUT2D eigenvalue weighted by Gasteiger charge is 2.44. The molecule has 3 nitrogen and oxygen atoms in total. The topological polar surface area (TPSA) is 40.5 Å². The minimum Gasteiger partial charge on any atom is -0.480 e. The van der Waals surface area contributed by atoms with E-state index < -0.39 is 18.1 Å². The molecule has 2 atom stereocenters. The first-order valence-corrected chi connectivity index (χ1v) is 7.42. The van der Waals surface area contributed by atoms with Crippen LogP contribution < -0.4 is 0 Å². The van der Waals surface area contributed by atoms with Crippen molar-refractivity contribution >= 4 is 5.97 Å². The Bertz CT molecular complexity index is 340. The summed E-state index contributed by atoms with van der Waals surface area (Å²) < 4.78 is 38.6. The number of aliphatic carboxylic acids is 1. The van der Waals surface area contributed by atoms with Gasteiger partial charge in [-0.15, -0.1) is 0 Å². The molecule has 0 aromatic carbocycles. The fraction of sp³-hybridized carbons (Fsp3) is 0.929. The van der Waals surface area contributed by atoms with Gasteiger partial charge in [-0.05, 0) is 32.1 Å². The maximum atomic E-state index is 12.9. The van der Waals surface area contributed by atoms with Crippen LogP contribution in [0.5, 0.6) is 0 Å². The van der Waals surface area contributed by atoms with Gasteiger partial charge in [0.2, 0.25) is 0 Å². The van der Waals surface area contributed by atoms with Crippen molar-refractivity contribution in [2.75, 3.05) is 6.54 Å². The lowest BCUT2D eigenvalue weighted by Crippen LogP contribution is -2.48. The van der Waals surface area contributed by atoms with Gasteiger partial charge in [0.05, 0.1) is 12.5 Å². The lowest BCUT2D eigenvalue weighted by atomic mass is 9.84. The fourth-order valence-electron chi connectivity index (χ4n) is 3.71. The van der Waals surface area contributed by atoms with Crippen LogP contribution in [0.25, 0.3) is 0 Å². The van der Waals surface area contributed by atoms with Crippen molar-refractivity contribution in [2.24, 2.45) is 5.92 Å². The monoisotopic (exact) mass is 293 g/mol. The molecule has 2 aliphatic rings. The third-order valence-corrected chi connectivity index (χ3v) is 4.69. The van der Waals surface area contributed by atoms with E-state index in [2.05, 4.69) is 0 Å². The number of rotatable bonds is 4. The zero-order chi connectivity index (χ0) is 14.8. The number of alkyl halides is 3. The van der Waals surface area contributed by atoms with E-state index in [0.717, 1.165) is 25.7 Å². The van der Waals surface area contributed by atoms with Crippen LogP contribution in [0.2, 0.25) is 0 Å². The summed E-state index contributed by atoms with van der Waals surface area (Å²) in [5.41, 5.74) is 0. The van der Waals surface area contributed by atoms with E-state index >= 15 is 0 Å². The standard InChI is InChI=1S/C14H22F3NO2/c15-14(16,17)10-4-3-7-12(8-10)18(9-13(19)20)11-5-1-2-6-11/h10-12H,1-9H2,(H,19,20). The summed E-state index contributed by atoms with van der Waals surface area (Å²) in [5, 5.41) is 9.04. The van der Waals surface area contributed by atoms with Crippen LogP contribution in [0.4, 0.5) is 13.2 Å². The first-order chi connectivity index (χ1) is 9.38. The molecule has 0 amide bonds. The van der Waals surface area contributed by atoms with Crippen LogP contribution in [0, 0.1) is 5.92 Å². The molecule has 0 aromatic rings. The minimum atomic E-state index is -4.15. The Kier molecular flexibility index (Phi) is 4.94. The maximum absolute atomic E-state index is 12.9. The van der Waals surface area contributed by atoms with E-state index in [-0.39, 0.29) is 31.5 Å². The Morgan fingerprint density at radius 1 is 1.05 bits per heavy atom. The van der Waals surface area contributed by atoms with Crippen LogP contribution >= 0.6 is 0 Å². The second-order valence-electron chi connectivity index (χ2n) is 6.06. The summed E-state index contributed by atoms with van der Waals surface area (Å²) in [5.74, 6) is -2.20.